The second kappa shape index (κ2) is 14.1. The fourth-order valence-electron chi connectivity index (χ4n) is 4.04. The molecule has 3 aromatic rings. The van der Waals surface area contributed by atoms with Crippen LogP contribution in [0.3, 0.4) is 0 Å². The lowest BCUT2D eigenvalue weighted by Gasteiger charge is -2.30. The summed E-state index contributed by atoms with van der Waals surface area (Å²) in [7, 11) is 0. The number of carbonyl (C=O) groups excluding carboxylic acids is 2. The molecule has 0 saturated heterocycles. The molecular weight excluding hydrogens is 471 g/mol. The number of ether oxygens (including phenoxy) is 1. The number of alkyl halides is 1. The first-order chi connectivity index (χ1) is 17.8. The van der Waals surface area contributed by atoms with Crippen molar-refractivity contribution in [2.45, 2.75) is 57.7 Å². The first-order valence-electron chi connectivity index (χ1n) is 12.5. The predicted molar refractivity (Wildman–Crippen MR) is 142 cm³/mol. The number of halogens is 1. The minimum absolute atomic E-state index is 0.0147. The molecule has 37 heavy (non-hydrogen) atoms. The molecule has 0 aliphatic rings. The topological polar surface area (TPSA) is 87.7 Å². The van der Waals surface area contributed by atoms with E-state index in [1.165, 1.54) is 0 Å². The molecule has 7 heteroatoms. The van der Waals surface area contributed by atoms with Crippen molar-refractivity contribution in [3.63, 3.8) is 0 Å². The number of hydrogen-bond donors (Lipinski definition) is 3. The first-order valence-corrected chi connectivity index (χ1v) is 12.5. The van der Waals surface area contributed by atoms with Gasteiger partial charge in [-0.3, -0.25) is 4.79 Å². The Morgan fingerprint density at radius 2 is 1.27 bits per heavy atom. The number of rotatable bonds is 12. The Balaban J connectivity index is 1.68. The van der Waals surface area contributed by atoms with Crippen molar-refractivity contribution in [3.05, 3.63) is 108 Å². The van der Waals surface area contributed by atoms with E-state index in [0.29, 0.717) is 0 Å². The molecule has 0 radical (unpaired) electrons. The molecule has 4 atom stereocenters. The van der Waals surface area contributed by atoms with E-state index >= 15 is 4.39 Å². The molecule has 3 N–H and O–H groups in total. The SMILES string of the molecule is CC(C)[C@H](NC(=O)OCc1ccccc1)C(=O)NC(Cc1ccccc1)C(O)C(F)Cc1ccccc1. The van der Waals surface area contributed by atoms with Gasteiger partial charge in [0.05, 0.1) is 6.04 Å². The average molecular weight is 507 g/mol. The van der Waals surface area contributed by atoms with Gasteiger partial charge in [-0.2, -0.15) is 0 Å². The highest BCUT2D eigenvalue weighted by Crippen LogP contribution is 2.16. The number of hydrogen-bond acceptors (Lipinski definition) is 4. The van der Waals surface area contributed by atoms with Crippen LogP contribution in [0.2, 0.25) is 0 Å². The lowest BCUT2D eigenvalue weighted by Crippen LogP contribution is -2.56. The van der Waals surface area contributed by atoms with Crippen molar-refractivity contribution in [3.8, 4) is 0 Å². The zero-order valence-corrected chi connectivity index (χ0v) is 21.2. The van der Waals surface area contributed by atoms with Crippen molar-refractivity contribution in [1.29, 1.82) is 0 Å². The van der Waals surface area contributed by atoms with Gasteiger partial charge in [0.25, 0.3) is 0 Å². The number of aliphatic hydroxyl groups is 1. The normalized spacial score (nSPS) is 14.3. The maximum atomic E-state index is 15.2. The molecule has 6 nitrogen and oxygen atoms in total. The van der Waals surface area contributed by atoms with Crippen LogP contribution in [0.15, 0.2) is 91.0 Å². The third kappa shape index (κ3) is 9.03. The smallest absolute Gasteiger partial charge is 0.408 e. The van der Waals surface area contributed by atoms with Gasteiger partial charge in [0.2, 0.25) is 5.91 Å². The molecule has 0 bridgehead atoms. The van der Waals surface area contributed by atoms with Gasteiger partial charge in [-0.05, 0) is 29.0 Å². The summed E-state index contributed by atoms with van der Waals surface area (Å²) >= 11 is 0. The molecule has 2 amide bonds. The van der Waals surface area contributed by atoms with Gasteiger partial charge in [0.1, 0.15) is 24.9 Å². The van der Waals surface area contributed by atoms with Crippen molar-refractivity contribution < 1.29 is 23.8 Å². The van der Waals surface area contributed by atoms with Crippen molar-refractivity contribution in [2.75, 3.05) is 0 Å². The molecule has 0 aliphatic carbocycles. The first kappa shape index (κ1) is 27.9. The van der Waals surface area contributed by atoms with Gasteiger partial charge in [0.15, 0.2) is 0 Å². The zero-order valence-electron chi connectivity index (χ0n) is 21.2. The van der Waals surface area contributed by atoms with Gasteiger partial charge in [-0.25, -0.2) is 9.18 Å². The summed E-state index contributed by atoms with van der Waals surface area (Å²) in [6.07, 6.45) is -3.54. The average Bonchev–Trinajstić information content (AvgIpc) is 2.91. The number of alkyl carbamates (subject to hydrolysis) is 1. The quantitative estimate of drug-likeness (QED) is 0.335. The van der Waals surface area contributed by atoms with E-state index in [-0.39, 0.29) is 25.4 Å². The van der Waals surface area contributed by atoms with Crippen LogP contribution in [0.5, 0.6) is 0 Å². The van der Waals surface area contributed by atoms with E-state index in [4.69, 9.17) is 4.74 Å². The summed E-state index contributed by atoms with van der Waals surface area (Å²) in [5.41, 5.74) is 2.42. The Kier molecular flexibility index (Phi) is 10.6. The van der Waals surface area contributed by atoms with Gasteiger partial charge < -0.3 is 20.5 Å². The molecule has 0 saturated carbocycles. The summed E-state index contributed by atoms with van der Waals surface area (Å²) < 4.78 is 20.5. The molecular formula is C30H35FN2O4. The monoisotopic (exact) mass is 506 g/mol. The Labute approximate surface area is 217 Å². The largest absolute Gasteiger partial charge is 0.445 e. The van der Waals surface area contributed by atoms with E-state index in [1.54, 1.807) is 26.0 Å². The van der Waals surface area contributed by atoms with E-state index in [1.807, 2.05) is 78.9 Å². The number of nitrogens with one attached hydrogen (secondary N) is 2. The van der Waals surface area contributed by atoms with Crippen molar-refractivity contribution in [2.24, 2.45) is 5.92 Å². The maximum Gasteiger partial charge on any atom is 0.408 e. The Morgan fingerprint density at radius 1 is 0.784 bits per heavy atom. The van der Waals surface area contributed by atoms with Crippen LogP contribution in [0.25, 0.3) is 0 Å². The highest BCUT2D eigenvalue weighted by Gasteiger charge is 2.33. The number of aliphatic hydroxyl groups excluding tert-OH is 1. The second-order valence-electron chi connectivity index (χ2n) is 9.43. The standard InChI is InChI=1S/C30H35FN2O4/c1-21(2)27(33-30(36)37-20-24-16-10-5-11-17-24)29(35)32-26(19-23-14-8-4-9-15-23)28(34)25(31)18-22-12-6-3-7-13-22/h3-17,21,25-28,34H,18-20H2,1-2H3,(H,32,35)(H,33,36)/t25?,26?,27-,28?/m0/s1. The molecule has 3 rings (SSSR count). The van der Waals surface area contributed by atoms with Gasteiger partial charge in [-0.1, -0.05) is 105 Å². The Morgan fingerprint density at radius 3 is 1.78 bits per heavy atom. The summed E-state index contributed by atoms with van der Waals surface area (Å²) in [5, 5.41) is 16.4. The van der Waals surface area contributed by atoms with Crippen molar-refractivity contribution >= 4 is 12.0 Å². The number of carbonyl (C=O) groups is 2. The summed E-state index contributed by atoms with van der Waals surface area (Å²) in [6.45, 7) is 3.65. The van der Waals surface area contributed by atoms with E-state index in [0.717, 1.165) is 16.7 Å². The Bertz CT molecular complexity index is 1100. The van der Waals surface area contributed by atoms with Crippen LogP contribution in [-0.4, -0.2) is 41.5 Å². The van der Waals surface area contributed by atoms with E-state index < -0.39 is 36.4 Å². The molecule has 0 aromatic heterocycles. The van der Waals surface area contributed by atoms with Crippen molar-refractivity contribution in [1.82, 2.24) is 10.6 Å². The van der Waals surface area contributed by atoms with Crippen LogP contribution >= 0.6 is 0 Å². The fraction of sp³-hybridized carbons (Fsp3) is 0.333. The van der Waals surface area contributed by atoms with Gasteiger partial charge in [0, 0.05) is 6.42 Å². The lowest BCUT2D eigenvalue weighted by atomic mass is 9.94. The molecule has 0 aliphatic heterocycles. The molecule has 0 heterocycles. The van der Waals surface area contributed by atoms with Crippen LogP contribution in [0.4, 0.5) is 9.18 Å². The second-order valence-corrected chi connectivity index (χ2v) is 9.43. The number of benzene rings is 3. The highest BCUT2D eigenvalue weighted by molar-refractivity contribution is 5.86. The minimum atomic E-state index is -1.60. The molecule has 3 unspecified atom stereocenters. The predicted octanol–water partition coefficient (Wildman–Crippen LogP) is 4.61. The molecule has 3 aromatic carbocycles. The highest BCUT2D eigenvalue weighted by atomic mass is 19.1. The summed E-state index contributed by atoms with van der Waals surface area (Å²) in [6, 6.07) is 25.7. The molecule has 0 fully saturated rings. The van der Waals surface area contributed by atoms with Gasteiger partial charge >= 0.3 is 6.09 Å². The van der Waals surface area contributed by atoms with Crippen LogP contribution < -0.4 is 10.6 Å². The minimum Gasteiger partial charge on any atom is -0.445 e. The van der Waals surface area contributed by atoms with Crippen LogP contribution in [0, 0.1) is 5.92 Å². The van der Waals surface area contributed by atoms with Gasteiger partial charge in [-0.15, -0.1) is 0 Å². The third-order valence-electron chi connectivity index (χ3n) is 6.12. The number of amides is 2. The van der Waals surface area contributed by atoms with Crippen LogP contribution in [-0.2, 0) is 29.0 Å². The van der Waals surface area contributed by atoms with E-state index in [2.05, 4.69) is 10.6 Å². The zero-order chi connectivity index (χ0) is 26.6. The summed E-state index contributed by atoms with van der Waals surface area (Å²) in [5.74, 6) is -0.789. The molecule has 0 spiro atoms. The summed E-state index contributed by atoms with van der Waals surface area (Å²) in [4.78, 5) is 25.7. The van der Waals surface area contributed by atoms with Crippen LogP contribution in [0.1, 0.15) is 30.5 Å². The fourth-order valence-corrected chi connectivity index (χ4v) is 4.04. The molecule has 196 valence electrons. The maximum absolute atomic E-state index is 15.2. The third-order valence-corrected chi connectivity index (χ3v) is 6.12. The lowest BCUT2D eigenvalue weighted by molar-refractivity contribution is -0.126. The van der Waals surface area contributed by atoms with E-state index in [9.17, 15) is 14.7 Å². The Hall–Kier alpha value is -3.71.